The summed E-state index contributed by atoms with van der Waals surface area (Å²) < 4.78 is 26.8. The van der Waals surface area contributed by atoms with Gasteiger partial charge in [-0.3, -0.25) is 4.79 Å². The van der Waals surface area contributed by atoms with Crippen molar-refractivity contribution < 1.29 is 13.6 Å². The second-order valence-electron chi connectivity index (χ2n) is 5.93. The van der Waals surface area contributed by atoms with Crippen molar-refractivity contribution in [3.63, 3.8) is 0 Å². The van der Waals surface area contributed by atoms with Crippen LogP contribution in [0.3, 0.4) is 0 Å². The third-order valence-electron chi connectivity index (χ3n) is 4.07. The molecule has 1 saturated heterocycles. The monoisotopic (exact) mass is 347 g/mol. The lowest BCUT2D eigenvalue weighted by atomic mass is 10.3. The van der Waals surface area contributed by atoms with E-state index in [4.69, 9.17) is 0 Å². The first-order chi connectivity index (χ1) is 11.9. The van der Waals surface area contributed by atoms with E-state index in [0.717, 1.165) is 11.8 Å². The maximum absolute atomic E-state index is 13.8. The largest absolute Gasteiger partial charge is 0.353 e. The van der Waals surface area contributed by atoms with E-state index in [-0.39, 0.29) is 17.5 Å². The fourth-order valence-electron chi connectivity index (χ4n) is 2.73. The maximum atomic E-state index is 13.8. The summed E-state index contributed by atoms with van der Waals surface area (Å²) in [5, 5.41) is 2.79. The van der Waals surface area contributed by atoms with Crippen LogP contribution in [-0.4, -0.2) is 47.0 Å². The van der Waals surface area contributed by atoms with Gasteiger partial charge in [-0.2, -0.15) is 4.98 Å². The first kappa shape index (κ1) is 17.1. The van der Waals surface area contributed by atoms with Gasteiger partial charge >= 0.3 is 0 Å². The van der Waals surface area contributed by atoms with Gasteiger partial charge in [0, 0.05) is 50.9 Å². The van der Waals surface area contributed by atoms with Crippen molar-refractivity contribution in [3.8, 4) is 0 Å². The van der Waals surface area contributed by atoms with Gasteiger partial charge in [-0.15, -0.1) is 0 Å². The van der Waals surface area contributed by atoms with Crippen LogP contribution in [0.25, 0.3) is 0 Å². The number of amides is 1. The summed E-state index contributed by atoms with van der Waals surface area (Å²) in [4.78, 5) is 23.9. The Morgan fingerprint density at radius 3 is 2.48 bits per heavy atom. The topological polar surface area (TPSA) is 61.4 Å². The minimum atomic E-state index is -0.707. The smallest absolute Gasteiger partial charge is 0.229 e. The molecule has 0 atom stereocenters. The quantitative estimate of drug-likeness (QED) is 0.924. The van der Waals surface area contributed by atoms with E-state index >= 15 is 0 Å². The first-order valence-corrected chi connectivity index (χ1v) is 8.00. The highest BCUT2D eigenvalue weighted by atomic mass is 19.1. The Hall–Kier alpha value is -2.77. The minimum absolute atomic E-state index is 0.0626. The number of aromatic nitrogens is 2. The van der Waals surface area contributed by atoms with E-state index in [0.29, 0.717) is 32.0 Å². The van der Waals surface area contributed by atoms with Gasteiger partial charge in [-0.05, 0) is 19.1 Å². The molecule has 0 spiro atoms. The van der Waals surface area contributed by atoms with Crippen molar-refractivity contribution in [3.05, 3.63) is 41.6 Å². The van der Waals surface area contributed by atoms with Crippen molar-refractivity contribution in [1.82, 2.24) is 14.9 Å². The van der Waals surface area contributed by atoms with Crippen LogP contribution in [0, 0.1) is 18.6 Å². The summed E-state index contributed by atoms with van der Waals surface area (Å²) in [7, 11) is 0. The van der Waals surface area contributed by atoms with Crippen LogP contribution in [0.15, 0.2) is 24.3 Å². The highest BCUT2D eigenvalue weighted by Gasteiger charge is 2.20. The van der Waals surface area contributed by atoms with E-state index in [1.807, 2.05) is 13.0 Å². The Labute approximate surface area is 144 Å². The van der Waals surface area contributed by atoms with Crippen molar-refractivity contribution in [1.29, 1.82) is 0 Å². The number of aryl methyl sites for hydroxylation is 1. The SMILES string of the molecule is CC(=O)N1CCN(c2cc(C)nc(Nc3ccc(F)cc3F)n2)CC1. The molecule has 1 aliphatic heterocycles. The average Bonchev–Trinajstić information content (AvgIpc) is 2.57. The number of carbonyl (C=O) groups is 1. The fraction of sp³-hybridized carbons (Fsp3) is 0.353. The number of rotatable bonds is 3. The highest BCUT2D eigenvalue weighted by molar-refractivity contribution is 5.73. The molecule has 0 bridgehead atoms. The highest BCUT2D eigenvalue weighted by Crippen LogP contribution is 2.22. The zero-order valence-corrected chi connectivity index (χ0v) is 14.1. The van der Waals surface area contributed by atoms with Crippen LogP contribution >= 0.6 is 0 Å². The zero-order valence-electron chi connectivity index (χ0n) is 14.1. The maximum Gasteiger partial charge on any atom is 0.229 e. The van der Waals surface area contributed by atoms with Crippen LogP contribution in [-0.2, 0) is 4.79 Å². The molecule has 1 aromatic carbocycles. The summed E-state index contributed by atoms with van der Waals surface area (Å²) in [5.74, 6) is -0.332. The van der Waals surface area contributed by atoms with Crippen LogP contribution in [0.2, 0.25) is 0 Å². The molecule has 0 aliphatic carbocycles. The van der Waals surface area contributed by atoms with Gasteiger partial charge in [0.05, 0.1) is 5.69 Å². The molecule has 1 aliphatic rings. The molecule has 0 saturated carbocycles. The number of hydrogen-bond acceptors (Lipinski definition) is 5. The third kappa shape index (κ3) is 4.01. The Bertz CT molecular complexity index is 791. The number of carbonyl (C=O) groups excluding carboxylic acids is 1. The number of nitrogens with zero attached hydrogens (tertiary/aromatic N) is 4. The van der Waals surface area contributed by atoms with E-state index in [1.165, 1.54) is 12.1 Å². The van der Waals surface area contributed by atoms with Gasteiger partial charge in [0.25, 0.3) is 0 Å². The Balaban J connectivity index is 1.78. The van der Waals surface area contributed by atoms with Gasteiger partial charge in [0.1, 0.15) is 17.5 Å². The van der Waals surface area contributed by atoms with Gasteiger partial charge < -0.3 is 15.1 Å². The summed E-state index contributed by atoms with van der Waals surface area (Å²) in [6, 6.07) is 5.13. The molecule has 1 fully saturated rings. The molecule has 6 nitrogen and oxygen atoms in total. The second kappa shape index (κ2) is 7.00. The normalized spacial score (nSPS) is 14.6. The third-order valence-corrected chi connectivity index (χ3v) is 4.07. The molecule has 2 heterocycles. The lowest BCUT2D eigenvalue weighted by Gasteiger charge is -2.35. The van der Waals surface area contributed by atoms with Gasteiger partial charge in [0.15, 0.2) is 0 Å². The predicted octanol–water partition coefficient (Wildman–Crippen LogP) is 2.48. The summed E-state index contributed by atoms with van der Waals surface area (Å²) in [6.07, 6.45) is 0. The number of benzene rings is 1. The molecule has 2 aromatic rings. The van der Waals surface area contributed by atoms with Crippen LogP contribution in [0.4, 0.5) is 26.2 Å². The van der Waals surface area contributed by atoms with Gasteiger partial charge in [0.2, 0.25) is 11.9 Å². The first-order valence-electron chi connectivity index (χ1n) is 8.00. The molecule has 1 N–H and O–H groups in total. The fourth-order valence-corrected chi connectivity index (χ4v) is 2.73. The van der Waals surface area contributed by atoms with Crippen LogP contribution in [0.1, 0.15) is 12.6 Å². The average molecular weight is 347 g/mol. The van der Waals surface area contributed by atoms with Crippen molar-refractivity contribution in [2.45, 2.75) is 13.8 Å². The Kier molecular flexibility index (Phi) is 4.78. The zero-order chi connectivity index (χ0) is 18.0. The number of hydrogen-bond donors (Lipinski definition) is 1. The minimum Gasteiger partial charge on any atom is -0.353 e. The van der Waals surface area contributed by atoms with E-state index in [2.05, 4.69) is 20.2 Å². The van der Waals surface area contributed by atoms with Crippen molar-refractivity contribution in [2.75, 3.05) is 36.4 Å². The molecule has 132 valence electrons. The Morgan fingerprint density at radius 1 is 1.12 bits per heavy atom. The van der Waals surface area contributed by atoms with Crippen LogP contribution < -0.4 is 10.2 Å². The lowest BCUT2D eigenvalue weighted by Crippen LogP contribution is -2.48. The van der Waals surface area contributed by atoms with Gasteiger partial charge in [-0.25, -0.2) is 13.8 Å². The molecular weight excluding hydrogens is 328 g/mol. The molecule has 0 unspecified atom stereocenters. The van der Waals surface area contributed by atoms with Crippen molar-refractivity contribution >= 4 is 23.4 Å². The molecule has 1 amide bonds. The standard InChI is InChI=1S/C17H19F2N5O/c1-11-9-16(24-7-5-23(6-8-24)12(2)25)22-17(20-11)21-15-4-3-13(18)10-14(15)19/h3-4,9-10H,5-8H2,1-2H3,(H,20,21,22). The molecule has 8 heteroatoms. The Morgan fingerprint density at radius 2 is 1.84 bits per heavy atom. The van der Waals surface area contributed by atoms with Crippen molar-refractivity contribution in [2.24, 2.45) is 0 Å². The number of anilines is 3. The second-order valence-corrected chi connectivity index (χ2v) is 5.93. The number of piperazine rings is 1. The number of halogens is 2. The molecule has 25 heavy (non-hydrogen) atoms. The summed E-state index contributed by atoms with van der Waals surface area (Å²) in [6.45, 7) is 5.98. The van der Waals surface area contributed by atoms with E-state index in [9.17, 15) is 13.6 Å². The van der Waals surface area contributed by atoms with Gasteiger partial charge in [-0.1, -0.05) is 0 Å². The predicted molar refractivity (Wildman–Crippen MR) is 90.9 cm³/mol. The molecule has 0 radical (unpaired) electrons. The summed E-state index contributed by atoms with van der Waals surface area (Å²) in [5.41, 5.74) is 0.836. The molecule has 3 rings (SSSR count). The summed E-state index contributed by atoms with van der Waals surface area (Å²) >= 11 is 0. The van der Waals surface area contributed by atoms with E-state index < -0.39 is 11.6 Å². The number of nitrogens with one attached hydrogen (secondary N) is 1. The van der Waals surface area contributed by atoms with E-state index in [1.54, 1.807) is 11.8 Å². The molecule has 1 aromatic heterocycles. The lowest BCUT2D eigenvalue weighted by molar-refractivity contribution is -0.129. The van der Waals surface area contributed by atoms with Crippen LogP contribution in [0.5, 0.6) is 0 Å². The molecular formula is C17H19F2N5O.